The molecule has 1 saturated heterocycles. The van der Waals surface area contributed by atoms with Crippen LogP contribution in [0.2, 0.25) is 4.47 Å². The number of rotatable bonds is 3. The van der Waals surface area contributed by atoms with E-state index in [1.54, 1.807) is 29.3 Å². The third-order valence-corrected chi connectivity index (χ3v) is 5.81. The molecule has 2 atom stereocenters. The van der Waals surface area contributed by atoms with Crippen molar-refractivity contribution in [1.29, 1.82) is 0 Å². The van der Waals surface area contributed by atoms with Gasteiger partial charge in [-0.3, -0.25) is 4.79 Å². The van der Waals surface area contributed by atoms with Gasteiger partial charge in [0.2, 0.25) is 5.78 Å². The number of carbonyl (C=O) groups is 1. The van der Waals surface area contributed by atoms with E-state index in [4.69, 9.17) is 11.6 Å². The summed E-state index contributed by atoms with van der Waals surface area (Å²) in [6, 6.07) is -0.547. The molecule has 0 spiro atoms. The fourth-order valence-corrected chi connectivity index (χ4v) is 4.41. The standard InChI is InChI=1S/C18H13ClF3N3O2S/c19-18-23-8-9(28-18)5-15-24-4-2-1-3-14(24)17(26)16(25(15)27)10-6-12(21)13(22)7-11(10)20/h1-3,6-8,15-16,27H,4-5H2. The lowest BCUT2D eigenvalue weighted by molar-refractivity contribution is -0.209. The van der Waals surface area contributed by atoms with Crippen molar-refractivity contribution in [2.24, 2.45) is 0 Å². The highest BCUT2D eigenvalue weighted by atomic mass is 35.5. The fraction of sp³-hybridized carbons (Fsp3) is 0.222. The third-order valence-electron chi connectivity index (χ3n) is 4.68. The molecule has 0 radical (unpaired) electrons. The topological polar surface area (TPSA) is 56.7 Å². The van der Waals surface area contributed by atoms with E-state index in [9.17, 15) is 23.2 Å². The number of hydrogen-bond acceptors (Lipinski definition) is 6. The second kappa shape index (κ2) is 7.32. The highest BCUT2D eigenvalue weighted by Gasteiger charge is 2.45. The predicted octanol–water partition coefficient (Wildman–Crippen LogP) is 3.85. The average Bonchev–Trinajstić information content (AvgIpc) is 3.08. The molecule has 4 rings (SSSR count). The number of nitrogens with zero attached hydrogens (tertiary/aromatic N) is 3. The summed E-state index contributed by atoms with van der Waals surface area (Å²) in [7, 11) is 0. The van der Waals surface area contributed by atoms with Gasteiger partial charge in [-0.05, 0) is 12.1 Å². The Morgan fingerprint density at radius 2 is 2.00 bits per heavy atom. The summed E-state index contributed by atoms with van der Waals surface area (Å²) in [5.74, 6) is -4.40. The van der Waals surface area contributed by atoms with Gasteiger partial charge in [0.1, 0.15) is 18.0 Å². The van der Waals surface area contributed by atoms with Gasteiger partial charge >= 0.3 is 0 Å². The summed E-state index contributed by atoms with van der Waals surface area (Å²) in [6.07, 6.45) is 6.06. The van der Waals surface area contributed by atoms with Gasteiger partial charge in [-0.1, -0.05) is 23.8 Å². The van der Waals surface area contributed by atoms with Crippen LogP contribution in [0.5, 0.6) is 0 Å². The van der Waals surface area contributed by atoms with Gasteiger partial charge in [0, 0.05) is 35.7 Å². The lowest BCUT2D eigenvalue weighted by Gasteiger charge is -2.46. The zero-order valence-electron chi connectivity index (χ0n) is 14.2. The molecule has 0 amide bonds. The maximum atomic E-state index is 14.4. The number of Topliss-reactive ketones (excluding diaryl/α,β-unsaturated/α-hetero) is 1. The first-order chi connectivity index (χ1) is 13.4. The van der Waals surface area contributed by atoms with Crippen molar-refractivity contribution in [3.8, 4) is 0 Å². The quantitative estimate of drug-likeness (QED) is 0.754. The highest BCUT2D eigenvalue weighted by molar-refractivity contribution is 7.15. The first-order valence-corrected chi connectivity index (χ1v) is 9.46. The number of hydrogen-bond donors (Lipinski definition) is 1. The number of allylic oxidation sites excluding steroid dienone is 2. The van der Waals surface area contributed by atoms with E-state index in [1.807, 2.05) is 0 Å². The monoisotopic (exact) mass is 427 g/mol. The van der Waals surface area contributed by atoms with Crippen molar-refractivity contribution in [3.05, 3.63) is 74.6 Å². The molecule has 0 aliphatic carbocycles. The van der Waals surface area contributed by atoms with Crippen molar-refractivity contribution in [2.45, 2.75) is 18.6 Å². The van der Waals surface area contributed by atoms with Crippen molar-refractivity contribution in [1.82, 2.24) is 14.9 Å². The molecule has 0 bridgehead atoms. The molecule has 2 unspecified atom stereocenters. The van der Waals surface area contributed by atoms with Gasteiger partial charge in [-0.25, -0.2) is 18.2 Å². The minimum absolute atomic E-state index is 0.237. The fourth-order valence-electron chi connectivity index (χ4n) is 3.40. The Labute approximate surface area is 166 Å². The number of halogens is 4. The second-order valence-corrected chi connectivity index (χ2v) is 8.03. The molecular formula is C18H13ClF3N3O2S. The van der Waals surface area contributed by atoms with E-state index in [0.717, 1.165) is 4.88 Å². The summed E-state index contributed by atoms with van der Waals surface area (Å²) in [5.41, 5.74) is -0.184. The molecule has 1 N–H and O–H groups in total. The Bertz CT molecular complexity index is 1010. The molecule has 3 heterocycles. The first-order valence-electron chi connectivity index (χ1n) is 8.26. The number of thiazole rings is 1. The number of carbonyl (C=O) groups excluding carboxylic acids is 1. The molecule has 2 aromatic rings. The van der Waals surface area contributed by atoms with Crippen molar-refractivity contribution in [2.75, 3.05) is 6.54 Å². The van der Waals surface area contributed by atoms with E-state index >= 15 is 0 Å². The number of fused-ring (bicyclic) bond motifs is 1. The van der Waals surface area contributed by atoms with Crippen LogP contribution in [0.15, 0.2) is 42.3 Å². The summed E-state index contributed by atoms with van der Waals surface area (Å²) >= 11 is 7.08. The lowest BCUT2D eigenvalue weighted by Crippen LogP contribution is -2.57. The van der Waals surface area contributed by atoms with Crippen LogP contribution in [0.1, 0.15) is 16.5 Å². The minimum atomic E-state index is -1.52. The molecule has 28 heavy (non-hydrogen) atoms. The van der Waals surface area contributed by atoms with Gasteiger partial charge in [-0.15, -0.1) is 11.3 Å². The molecule has 2 aliphatic heterocycles. The summed E-state index contributed by atoms with van der Waals surface area (Å²) < 4.78 is 41.8. The SMILES string of the molecule is O=C1C2=CC=CCN2C(Cc2cnc(Cl)s2)N(O)C1c1cc(F)c(F)cc1F. The zero-order valence-corrected chi connectivity index (χ0v) is 15.7. The zero-order chi connectivity index (χ0) is 20.0. The molecule has 10 heteroatoms. The summed E-state index contributed by atoms with van der Waals surface area (Å²) in [4.78, 5) is 19.3. The Hall–Kier alpha value is -2.20. The van der Waals surface area contributed by atoms with Gasteiger partial charge in [-0.2, -0.15) is 5.06 Å². The maximum absolute atomic E-state index is 14.4. The van der Waals surface area contributed by atoms with Crippen molar-refractivity contribution < 1.29 is 23.2 Å². The van der Waals surface area contributed by atoms with Crippen LogP contribution in [0.25, 0.3) is 0 Å². The van der Waals surface area contributed by atoms with Crippen LogP contribution in [0.4, 0.5) is 13.2 Å². The molecule has 1 aromatic carbocycles. The van der Waals surface area contributed by atoms with Crippen molar-refractivity contribution >= 4 is 28.7 Å². The van der Waals surface area contributed by atoms with Gasteiger partial charge < -0.3 is 10.1 Å². The Kier molecular flexibility index (Phi) is 5.00. The van der Waals surface area contributed by atoms with Gasteiger partial charge in [0.05, 0.1) is 5.70 Å². The largest absolute Gasteiger partial charge is 0.347 e. The van der Waals surface area contributed by atoms with Crippen LogP contribution in [-0.4, -0.2) is 38.6 Å². The van der Waals surface area contributed by atoms with E-state index in [1.165, 1.54) is 11.3 Å². The van der Waals surface area contributed by atoms with Crippen LogP contribution in [-0.2, 0) is 11.2 Å². The van der Waals surface area contributed by atoms with Crippen LogP contribution in [0, 0.1) is 17.5 Å². The van der Waals surface area contributed by atoms with Gasteiger partial charge in [0.25, 0.3) is 0 Å². The number of aromatic nitrogens is 1. The highest BCUT2D eigenvalue weighted by Crippen LogP contribution is 2.38. The predicted molar refractivity (Wildman–Crippen MR) is 96.2 cm³/mol. The molecule has 1 aromatic heterocycles. The number of benzene rings is 1. The smallest absolute Gasteiger partial charge is 0.203 e. The molecule has 146 valence electrons. The normalized spacial score (nSPS) is 22.4. The van der Waals surface area contributed by atoms with E-state index in [0.29, 0.717) is 28.2 Å². The molecular weight excluding hydrogens is 415 g/mol. The average molecular weight is 428 g/mol. The van der Waals surface area contributed by atoms with Gasteiger partial charge in [0.15, 0.2) is 16.1 Å². The molecule has 5 nitrogen and oxygen atoms in total. The molecule has 1 fully saturated rings. The van der Waals surface area contributed by atoms with Crippen LogP contribution >= 0.6 is 22.9 Å². The lowest BCUT2D eigenvalue weighted by atomic mass is 9.93. The molecule has 2 aliphatic rings. The Morgan fingerprint density at radius 1 is 1.25 bits per heavy atom. The first kappa shape index (κ1) is 19.1. The Balaban J connectivity index is 1.78. The minimum Gasteiger partial charge on any atom is -0.347 e. The molecule has 0 saturated carbocycles. The van der Waals surface area contributed by atoms with Crippen LogP contribution in [0.3, 0.4) is 0 Å². The van der Waals surface area contributed by atoms with Crippen LogP contribution < -0.4 is 0 Å². The summed E-state index contributed by atoms with van der Waals surface area (Å²) in [6.45, 7) is 0.346. The maximum Gasteiger partial charge on any atom is 0.203 e. The van der Waals surface area contributed by atoms with E-state index in [2.05, 4.69) is 4.98 Å². The van der Waals surface area contributed by atoms with Crippen molar-refractivity contribution in [3.63, 3.8) is 0 Å². The number of ketones is 1. The number of hydroxylamine groups is 2. The second-order valence-electron chi connectivity index (χ2n) is 6.33. The van der Waals surface area contributed by atoms with E-state index < -0.39 is 41.0 Å². The van der Waals surface area contributed by atoms with E-state index in [-0.39, 0.29) is 12.1 Å². The third kappa shape index (κ3) is 3.24. The Morgan fingerprint density at radius 3 is 2.71 bits per heavy atom. The summed E-state index contributed by atoms with van der Waals surface area (Å²) in [5, 5.41) is 11.5.